The Morgan fingerprint density at radius 3 is 2.71 bits per heavy atom. The summed E-state index contributed by atoms with van der Waals surface area (Å²) >= 11 is 0. The fourth-order valence-corrected chi connectivity index (χ4v) is 1.84. The van der Waals surface area contributed by atoms with Crippen molar-refractivity contribution in [3.63, 3.8) is 0 Å². The van der Waals surface area contributed by atoms with E-state index >= 15 is 0 Å². The molecule has 0 spiro atoms. The largest absolute Gasteiger partial charge is 0.398 e. The second-order valence-corrected chi connectivity index (χ2v) is 3.49. The molecule has 0 saturated carbocycles. The molecule has 1 aromatic rings. The molecule has 0 aromatic heterocycles. The van der Waals surface area contributed by atoms with Crippen LogP contribution in [0.5, 0.6) is 0 Å². The first kappa shape index (κ1) is 11.1. The van der Waals surface area contributed by atoms with Gasteiger partial charge in [0.15, 0.2) is 0 Å². The van der Waals surface area contributed by atoms with Crippen LogP contribution < -0.4 is 11.5 Å². The Bertz CT molecular complexity index is 294. The summed E-state index contributed by atoms with van der Waals surface area (Å²) in [4.78, 5) is 0. The summed E-state index contributed by atoms with van der Waals surface area (Å²) in [6, 6.07) is 6.43. The van der Waals surface area contributed by atoms with Gasteiger partial charge in [0.25, 0.3) is 0 Å². The molecule has 0 heterocycles. The number of hydrogen-bond donors (Lipinski definition) is 2. The van der Waals surface area contributed by atoms with E-state index in [9.17, 15) is 0 Å². The lowest BCUT2D eigenvalue weighted by Gasteiger charge is -2.22. The zero-order valence-electron chi connectivity index (χ0n) is 9.09. The van der Waals surface area contributed by atoms with Gasteiger partial charge in [0.1, 0.15) is 0 Å². The number of hydrogen-bond acceptors (Lipinski definition) is 2. The lowest BCUT2D eigenvalue weighted by atomic mass is 9.88. The predicted molar refractivity (Wildman–Crippen MR) is 62.2 cm³/mol. The van der Waals surface area contributed by atoms with Crippen molar-refractivity contribution in [2.45, 2.75) is 39.2 Å². The van der Waals surface area contributed by atoms with E-state index < -0.39 is 0 Å². The Hall–Kier alpha value is -1.02. The summed E-state index contributed by atoms with van der Waals surface area (Å²) in [5, 5.41) is 0. The van der Waals surface area contributed by atoms with Crippen LogP contribution in [-0.2, 0) is 12.8 Å². The third-order valence-electron chi connectivity index (χ3n) is 2.56. The SMILES string of the molecule is CC.Nc1cccc2c1CC(N)CC2. The Morgan fingerprint density at radius 2 is 2.00 bits per heavy atom. The van der Waals surface area contributed by atoms with Crippen LogP contribution in [0.4, 0.5) is 5.69 Å². The van der Waals surface area contributed by atoms with Crippen LogP contribution in [-0.4, -0.2) is 6.04 Å². The van der Waals surface area contributed by atoms with Crippen LogP contribution in [0.3, 0.4) is 0 Å². The van der Waals surface area contributed by atoms with Crippen LogP contribution in [0.25, 0.3) is 0 Å². The highest BCUT2D eigenvalue weighted by Crippen LogP contribution is 2.25. The number of nitrogens with two attached hydrogens (primary N) is 2. The van der Waals surface area contributed by atoms with Crippen LogP contribution in [0.15, 0.2) is 18.2 Å². The normalized spacial score (nSPS) is 19.2. The highest BCUT2D eigenvalue weighted by atomic mass is 14.6. The van der Waals surface area contributed by atoms with Crippen molar-refractivity contribution in [1.29, 1.82) is 0 Å². The summed E-state index contributed by atoms with van der Waals surface area (Å²) < 4.78 is 0. The van der Waals surface area contributed by atoms with E-state index in [0.717, 1.165) is 24.9 Å². The van der Waals surface area contributed by atoms with Crippen molar-refractivity contribution >= 4 is 5.69 Å². The Labute approximate surface area is 86.3 Å². The van der Waals surface area contributed by atoms with Crippen molar-refractivity contribution in [2.24, 2.45) is 5.73 Å². The molecule has 1 aliphatic rings. The molecule has 0 amide bonds. The molecule has 2 rings (SSSR count). The molecule has 2 heteroatoms. The lowest BCUT2D eigenvalue weighted by molar-refractivity contribution is 0.578. The van der Waals surface area contributed by atoms with Gasteiger partial charge in [-0.2, -0.15) is 0 Å². The topological polar surface area (TPSA) is 52.0 Å². The smallest absolute Gasteiger partial charge is 0.0349 e. The summed E-state index contributed by atoms with van der Waals surface area (Å²) in [5.74, 6) is 0. The van der Waals surface area contributed by atoms with E-state index in [1.807, 2.05) is 26.0 Å². The highest BCUT2D eigenvalue weighted by molar-refractivity contribution is 5.52. The molecule has 1 aliphatic carbocycles. The highest BCUT2D eigenvalue weighted by Gasteiger charge is 2.16. The van der Waals surface area contributed by atoms with Crippen molar-refractivity contribution in [3.05, 3.63) is 29.3 Å². The van der Waals surface area contributed by atoms with Gasteiger partial charge in [0, 0.05) is 11.7 Å². The molecule has 1 unspecified atom stereocenters. The van der Waals surface area contributed by atoms with Gasteiger partial charge in [0.05, 0.1) is 0 Å². The third kappa shape index (κ3) is 2.26. The average Bonchev–Trinajstić information content (AvgIpc) is 2.22. The summed E-state index contributed by atoms with van der Waals surface area (Å²) in [6.45, 7) is 4.00. The van der Waals surface area contributed by atoms with E-state index in [1.54, 1.807) is 0 Å². The molecule has 0 radical (unpaired) electrons. The zero-order valence-corrected chi connectivity index (χ0v) is 9.09. The van der Waals surface area contributed by atoms with E-state index in [2.05, 4.69) is 6.07 Å². The van der Waals surface area contributed by atoms with E-state index in [-0.39, 0.29) is 0 Å². The maximum absolute atomic E-state index is 5.86. The Morgan fingerprint density at radius 1 is 1.29 bits per heavy atom. The fraction of sp³-hybridized carbons (Fsp3) is 0.500. The minimum Gasteiger partial charge on any atom is -0.398 e. The number of benzene rings is 1. The van der Waals surface area contributed by atoms with Gasteiger partial charge in [-0.3, -0.25) is 0 Å². The molecule has 1 aromatic carbocycles. The third-order valence-corrected chi connectivity index (χ3v) is 2.56. The van der Waals surface area contributed by atoms with Crippen LogP contribution in [0.2, 0.25) is 0 Å². The van der Waals surface area contributed by atoms with Crippen molar-refractivity contribution < 1.29 is 0 Å². The van der Waals surface area contributed by atoms with E-state index in [4.69, 9.17) is 11.5 Å². The first-order valence-electron chi connectivity index (χ1n) is 5.39. The van der Waals surface area contributed by atoms with Crippen molar-refractivity contribution in [2.75, 3.05) is 5.73 Å². The maximum atomic E-state index is 5.86. The second-order valence-electron chi connectivity index (χ2n) is 3.49. The van der Waals surface area contributed by atoms with Crippen LogP contribution in [0.1, 0.15) is 31.4 Å². The van der Waals surface area contributed by atoms with Gasteiger partial charge in [0.2, 0.25) is 0 Å². The van der Waals surface area contributed by atoms with Gasteiger partial charge in [-0.1, -0.05) is 26.0 Å². The monoisotopic (exact) mass is 192 g/mol. The summed E-state index contributed by atoms with van der Waals surface area (Å²) in [6.07, 6.45) is 3.12. The van der Waals surface area contributed by atoms with E-state index in [1.165, 1.54) is 11.1 Å². The minimum atomic E-state index is 0.308. The lowest BCUT2D eigenvalue weighted by Crippen LogP contribution is -2.28. The van der Waals surface area contributed by atoms with Crippen molar-refractivity contribution in [1.82, 2.24) is 0 Å². The molecular weight excluding hydrogens is 172 g/mol. The summed E-state index contributed by atoms with van der Waals surface area (Å²) in [7, 11) is 0. The van der Waals surface area contributed by atoms with Gasteiger partial charge in [-0.05, 0) is 36.5 Å². The minimum absolute atomic E-state index is 0.308. The number of rotatable bonds is 0. The first-order valence-corrected chi connectivity index (χ1v) is 5.39. The van der Waals surface area contributed by atoms with Gasteiger partial charge >= 0.3 is 0 Å². The fourth-order valence-electron chi connectivity index (χ4n) is 1.84. The number of nitrogen functional groups attached to an aromatic ring is 1. The Kier molecular flexibility index (Phi) is 3.96. The Balaban J connectivity index is 0.000000461. The van der Waals surface area contributed by atoms with Gasteiger partial charge < -0.3 is 11.5 Å². The van der Waals surface area contributed by atoms with Crippen molar-refractivity contribution in [3.8, 4) is 0 Å². The average molecular weight is 192 g/mol. The molecule has 4 N–H and O–H groups in total. The summed E-state index contributed by atoms with van der Waals surface area (Å²) in [5.41, 5.74) is 15.3. The molecular formula is C12H20N2. The number of anilines is 1. The zero-order chi connectivity index (χ0) is 10.6. The first-order chi connectivity index (χ1) is 6.77. The van der Waals surface area contributed by atoms with Crippen LogP contribution >= 0.6 is 0 Å². The predicted octanol–water partition coefficient (Wildman–Crippen LogP) is 2.11. The van der Waals surface area contributed by atoms with E-state index in [0.29, 0.717) is 6.04 Å². The quantitative estimate of drug-likeness (QED) is 0.619. The molecule has 0 aliphatic heterocycles. The molecule has 1 atom stereocenters. The molecule has 14 heavy (non-hydrogen) atoms. The molecule has 0 bridgehead atoms. The van der Waals surface area contributed by atoms with Gasteiger partial charge in [-0.15, -0.1) is 0 Å². The molecule has 78 valence electrons. The molecule has 0 fully saturated rings. The second kappa shape index (κ2) is 5.01. The number of fused-ring (bicyclic) bond motifs is 1. The van der Waals surface area contributed by atoms with Crippen LogP contribution in [0, 0.1) is 0 Å². The van der Waals surface area contributed by atoms with Gasteiger partial charge in [-0.25, -0.2) is 0 Å². The maximum Gasteiger partial charge on any atom is 0.0349 e. The standard InChI is InChI=1S/C10H14N2.C2H6/c11-8-5-4-7-2-1-3-10(12)9(7)6-8;1-2/h1-3,8H,4-6,11-12H2;1-2H3. The molecule has 2 nitrogen and oxygen atoms in total. The number of aryl methyl sites for hydroxylation is 1. The molecule has 0 saturated heterocycles.